The molecule has 0 radical (unpaired) electrons. The van der Waals surface area contributed by atoms with Crippen molar-refractivity contribution in [2.24, 2.45) is 0 Å². The molecule has 1 saturated heterocycles. The van der Waals surface area contributed by atoms with Crippen LogP contribution in [0.5, 0.6) is 0 Å². The third kappa shape index (κ3) is 6.13. The van der Waals surface area contributed by atoms with E-state index in [1.807, 2.05) is 0 Å². The molecule has 2 aliphatic heterocycles. The summed E-state index contributed by atoms with van der Waals surface area (Å²) in [5.41, 5.74) is 0.753. The maximum absolute atomic E-state index is 15.3. The highest BCUT2D eigenvalue weighted by atomic mass is 32.2. The summed E-state index contributed by atoms with van der Waals surface area (Å²) < 4.78 is 61.8. The predicted octanol–water partition coefficient (Wildman–Crippen LogP) is 4.19. The minimum Gasteiger partial charge on any atom is -0.380 e. The number of ether oxygens (including phenoxy) is 1. The van der Waals surface area contributed by atoms with Crippen molar-refractivity contribution in [3.63, 3.8) is 0 Å². The molecule has 1 saturated carbocycles. The number of carbonyl (C=O) groups excluding carboxylic acids is 1. The molecule has 6 rings (SSSR count). The van der Waals surface area contributed by atoms with Crippen molar-refractivity contribution in [3.8, 4) is 0 Å². The summed E-state index contributed by atoms with van der Waals surface area (Å²) in [6, 6.07) is 9.80. The first kappa shape index (κ1) is 30.4. The maximum atomic E-state index is 15.3. The molecular weight excluding hydrogens is 590 g/mol. The minimum atomic E-state index is -3.99. The number of anilines is 3. The number of halogens is 2. The molecule has 3 aromatic rings. The van der Waals surface area contributed by atoms with Gasteiger partial charge >= 0.3 is 0 Å². The van der Waals surface area contributed by atoms with Crippen LogP contribution in [-0.4, -0.2) is 68.6 Å². The Morgan fingerprint density at radius 3 is 2.50 bits per heavy atom. The summed E-state index contributed by atoms with van der Waals surface area (Å²) in [5.74, 6) is -1.52. The summed E-state index contributed by atoms with van der Waals surface area (Å²) in [6.45, 7) is 0.687. The third-order valence-electron chi connectivity index (χ3n) is 8.88. The molecule has 1 spiro atoms. The Balaban J connectivity index is 1.21. The predicted molar refractivity (Wildman–Crippen MR) is 163 cm³/mol. The fourth-order valence-corrected chi connectivity index (χ4v) is 7.62. The van der Waals surface area contributed by atoms with Crippen LogP contribution < -0.4 is 14.9 Å². The van der Waals surface area contributed by atoms with E-state index in [2.05, 4.69) is 34.0 Å². The number of aromatic nitrogens is 2. The lowest BCUT2D eigenvalue weighted by molar-refractivity contribution is -0.125. The van der Waals surface area contributed by atoms with Crippen LogP contribution >= 0.6 is 0 Å². The molecule has 1 aromatic heterocycles. The number of nitrogens with one attached hydrogen (secondary N) is 2. The Bertz CT molecular complexity index is 1640. The van der Waals surface area contributed by atoms with Gasteiger partial charge in [0.05, 0.1) is 30.3 Å². The van der Waals surface area contributed by atoms with Crippen molar-refractivity contribution in [2.75, 3.05) is 42.2 Å². The monoisotopic (exact) mass is 626 g/mol. The van der Waals surface area contributed by atoms with E-state index in [9.17, 15) is 17.6 Å². The maximum Gasteiger partial charge on any atom is 0.242 e. The first-order valence-electron chi connectivity index (χ1n) is 14.8. The number of nitrogens with zero attached hydrogens (tertiary/aromatic N) is 4. The van der Waals surface area contributed by atoms with Crippen molar-refractivity contribution in [2.45, 2.75) is 61.9 Å². The zero-order valence-corrected chi connectivity index (χ0v) is 25.5. The lowest BCUT2D eigenvalue weighted by Crippen LogP contribution is -2.52. The molecule has 44 heavy (non-hydrogen) atoms. The number of hydrogen-bond donors (Lipinski definition) is 2. The molecule has 13 heteroatoms. The first-order valence-corrected chi connectivity index (χ1v) is 16.4. The molecule has 234 valence electrons. The average molecular weight is 627 g/mol. The zero-order valence-electron chi connectivity index (χ0n) is 24.7. The number of carbonyl (C=O) groups is 1. The summed E-state index contributed by atoms with van der Waals surface area (Å²) in [5, 5.41) is 3.48. The highest BCUT2D eigenvalue weighted by molar-refractivity contribution is 7.91. The van der Waals surface area contributed by atoms with Gasteiger partial charge in [0, 0.05) is 36.1 Å². The van der Waals surface area contributed by atoms with Gasteiger partial charge in [-0.3, -0.25) is 9.52 Å². The number of rotatable bonds is 8. The van der Waals surface area contributed by atoms with Crippen LogP contribution in [0.25, 0.3) is 0 Å². The fraction of sp³-hybridized carbons (Fsp3) is 0.452. The van der Waals surface area contributed by atoms with Gasteiger partial charge < -0.3 is 19.9 Å². The molecule has 3 heterocycles. The SMILES string of the molecule is CN(C)C1CCC(Nc2ncc3c(n2)C2(CCOC2)C(=O)N(c2ccc(NS(=O)(=O)Cc4ccc(F)cc4)c(F)c2)C3)CC1. The molecule has 2 aromatic carbocycles. The second kappa shape index (κ2) is 12.0. The van der Waals surface area contributed by atoms with Crippen molar-refractivity contribution < 1.29 is 26.7 Å². The van der Waals surface area contributed by atoms with E-state index in [0.29, 0.717) is 36.3 Å². The topological polar surface area (TPSA) is 117 Å². The van der Waals surface area contributed by atoms with Crippen molar-refractivity contribution in [3.05, 3.63) is 77.1 Å². The fourth-order valence-electron chi connectivity index (χ4n) is 6.41. The number of benzene rings is 2. The number of hydrogen-bond acceptors (Lipinski definition) is 8. The Kier molecular flexibility index (Phi) is 8.29. The van der Waals surface area contributed by atoms with Crippen LogP contribution in [0.2, 0.25) is 0 Å². The highest BCUT2D eigenvalue weighted by Crippen LogP contribution is 2.42. The Morgan fingerprint density at radius 1 is 1.09 bits per heavy atom. The molecule has 1 unspecified atom stereocenters. The molecular formula is C31H36F2N6O4S. The average Bonchev–Trinajstić information content (AvgIpc) is 3.49. The van der Waals surface area contributed by atoms with Gasteiger partial charge in [0.2, 0.25) is 21.9 Å². The van der Waals surface area contributed by atoms with E-state index in [0.717, 1.165) is 49.4 Å². The van der Waals surface area contributed by atoms with E-state index in [-0.39, 0.29) is 36.5 Å². The van der Waals surface area contributed by atoms with Crippen molar-refractivity contribution >= 4 is 33.3 Å². The normalized spacial score (nSPS) is 23.7. The van der Waals surface area contributed by atoms with E-state index < -0.39 is 32.8 Å². The molecule has 0 bridgehead atoms. The third-order valence-corrected chi connectivity index (χ3v) is 10.1. The van der Waals surface area contributed by atoms with Gasteiger partial charge in [-0.2, -0.15) is 0 Å². The second-order valence-corrected chi connectivity index (χ2v) is 13.8. The number of sulfonamides is 1. The molecule has 1 aliphatic carbocycles. The minimum absolute atomic E-state index is 0.138. The van der Waals surface area contributed by atoms with E-state index >= 15 is 4.39 Å². The van der Waals surface area contributed by atoms with Gasteiger partial charge in [-0.15, -0.1) is 0 Å². The van der Waals surface area contributed by atoms with Crippen LogP contribution in [0.4, 0.5) is 26.1 Å². The van der Waals surface area contributed by atoms with Crippen LogP contribution in [0, 0.1) is 11.6 Å². The van der Waals surface area contributed by atoms with Crippen LogP contribution in [0.1, 0.15) is 48.9 Å². The van der Waals surface area contributed by atoms with Crippen LogP contribution in [0.15, 0.2) is 48.7 Å². The van der Waals surface area contributed by atoms with Crippen LogP contribution in [-0.2, 0) is 37.3 Å². The summed E-state index contributed by atoms with van der Waals surface area (Å²) in [7, 11) is 0.230. The van der Waals surface area contributed by atoms with Gasteiger partial charge in [0.25, 0.3) is 0 Å². The molecule has 1 atom stereocenters. The van der Waals surface area contributed by atoms with Crippen LogP contribution in [0.3, 0.4) is 0 Å². The Morgan fingerprint density at radius 2 is 1.84 bits per heavy atom. The van der Waals surface area contributed by atoms with Gasteiger partial charge in [-0.1, -0.05) is 12.1 Å². The van der Waals surface area contributed by atoms with Gasteiger partial charge in [-0.25, -0.2) is 27.2 Å². The first-order chi connectivity index (χ1) is 21.0. The van der Waals surface area contributed by atoms with Crippen molar-refractivity contribution in [1.29, 1.82) is 0 Å². The second-order valence-electron chi connectivity index (χ2n) is 12.1. The van der Waals surface area contributed by atoms with Crippen molar-refractivity contribution in [1.82, 2.24) is 14.9 Å². The Hall–Kier alpha value is -3.68. The highest BCUT2D eigenvalue weighted by Gasteiger charge is 2.52. The van der Waals surface area contributed by atoms with Gasteiger partial charge in [0.15, 0.2) is 0 Å². The number of fused-ring (bicyclic) bond motifs is 2. The molecule has 3 aliphatic rings. The molecule has 1 amide bonds. The lowest BCUT2D eigenvalue weighted by atomic mass is 9.77. The standard InChI is InChI=1S/C31H36F2N6O4S/c1-38(2)24-9-7-23(8-10-24)35-30-34-16-21-17-39(29(40)31(28(21)36-30)13-14-43-19-31)25-11-12-27(26(33)15-25)37-44(41,42)18-20-3-5-22(32)6-4-20/h3-6,11-12,15-16,23-24,37H,7-10,13-14,17-19H2,1-2H3,(H,34,35,36). The lowest BCUT2D eigenvalue weighted by Gasteiger charge is -2.39. The summed E-state index contributed by atoms with van der Waals surface area (Å²) in [4.78, 5) is 27.2. The zero-order chi connectivity index (χ0) is 31.1. The van der Waals surface area contributed by atoms with Gasteiger partial charge in [0.1, 0.15) is 17.0 Å². The van der Waals surface area contributed by atoms with E-state index in [4.69, 9.17) is 9.72 Å². The largest absolute Gasteiger partial charge is 0.380 e. The smallest absolute Gasteiger partial charge is 0.242 e. The van der Waals surface area contributed by atoms with Gasteiger partial charge in [-0.05, 0) is 82.1 Å². The summed E-state index contributed by atoms with van der Waals surface area (Å²) in [6.07, 6.45) is 6.35. The van der Waals surface area contributed by atoms with E-state index in [1.165, 1.54) is 29.2 Å². The molecule has 2 fully saturated rings. The van der Waals surface area contributed by atoms with E-state index in [1.54, 1.807) is 6.20 Å². The molecule has 10 nitrogen and oxygen atoms in total. The molecule has 2 N–H and O–H groups in total. The summed E-state index contributed by atoms with van der Waals surface area (Å²) >= 11 is 0. The number of amides is 1. The Labute approximate surface area is 255 Å². The quantitative estimate of drug-likeness (QED) is 0.383.